The number of hydrogen-bond donors (Lipinski definition) is 0. The molecule has 0 saturated heterocycles. The van der Waals surface area contributed by atoms with Crippen LogP contribution in [0.25, 0.3) is 0 Å². The summed E-state index contributed by atoms with van der Waals surface area (Å²) < 4.78 is 101. The van der Waals surface area contributed by atoms with E-state index in [9.17, 15) is 0 Å². The molecule has 0 amide bonds. The quantitative estimate of drug-likeness (QED) is 0.198. The molecule has 12 nitrogen and oxygen atoms in total. The molecule has 0 aromatic heterocycles. The van der Waals surface area contributed by atoms with Gasteiger partial charge in [0.1, 0.15) is 0 Å². The van der Waals surface area contributed by atoms with Crippen LogP contribution in [-0.4, -0.2) is 77.7 Å². The van der Waals surface area contributed by atoms with Crippen molar-refractivity contribution >= 4 is 69.9 Å². The average Bonchev–Trinajstić information content (AvgIpc) is 1.76. The average molecular weight is 561 g/mol. The molecule has 0 aliphatic heterocycles. The van der Waals surface area contributed by atoms with E-state index >= 15 is 0 Å². The van der Waals surface area contributed by atoms with E-state index in [0.29, 0.717) is 0 Å². The Hall–Kier alpha value is 2.79. The van der Waals surface area contributed by atoms with Gasteiger partial charge in [-0.05, 0) is 0 Å². The normalized spacial score (nSPS) is 7.37. The van der Waals surface area contributed by atoms with Crippen molar-refractivity contribution in [3.63, 3.8) is 0 Å². The maximum atomic E-state index is 8.44. The minimum Gasteiger partial charge on any atom is -0.784 e. The van der Waals surface area contributed by atoms with Crippen molar-refractivity contribution in [1.82, 2.24) is 0 Å². The number of hydrogen-bond acceptors (Lipinski definition) is 12. The van der Waals surface area contributed by atoms with Gasteiger partial charge in [-0.3, -0.25) is 16.8 Å². The Bertz CT molecular complexity index is 170. The molecule has 0 N–H and O–H groups in total. The van der Waals surface area contributed by atoms with Crippen LogP contribution < -0.4 is 29.6 Å². The van der Waals surface area contributed by atoms with E-state index in [2.05, 4.69) is 0 Å². The first-order valence-corrected chi connectivity index (χ1v) is 6.00. The van der Waals surface area contributed by atoms with E-state index in [1.54, 1.807) is 0 Å². The second kappa shape index (κ2) is 37.2. The van der Waals surface area contributed by atoms with Gasteiger partial charge < -0.3 is 36.4 Å². The molecule has 0 spiro atoms. The Morgan fingerprint density at radius 1 is 0.474 bits per heavy atom. The van der Waals surface area contributed by atoms with Crippen LogP contribution in [0.2, 0.25) is 0 Å². The third-order valence-electron chi connectivity index (χ3n) is 0. The molecule has 0 rings (SSSR count). The summed E-state index contributed by atoms with van der Waals surface area (Å²) in [6, 6.07) is 0. The first-order chi connectivity index (χ1) is 6.93. The van der Waals surface area contributed by atoms with Gasteiger partial charge >= 0.3 is 75.1 Å². The third-order valence-corrected chi connectivity index (χ3v) is 0. The van der Waals surface area contributed by atoms with Crippen LogP contribution in [0.3, 0.4) is 0 Å². The molecule has 19 heavy (non-hydrogen) atoms. The molecule has 0 aromatic carbocycles. The van der Waals surface area contributed by atoms with Gasteiger partial charge in [-0.25, -0.2) is 0 Å². The monoisotopic (exact) mass is 562 g/mol. The second-order valence-electron chi connectivity index (χ2n) is 0.816. The summed E-state index contributed by atoms with van der Waals surface area (Å²) in [5, 5.41) is 0. The van der Waals surface area contributed by atoms with Crippen molar-refractivity contribution in [3.8, 4) is 0 Å². The Morgan fingerprint density at radius 3 is 0.474 bits per heavy atom. The Labute approximate surface area is 171 Å². The van der Waals surface area contributed by atoms with E-state index in [-0.39, 0.29) is 75.1 Å². The zero-order chi connectivity index (χ0) is 14.3. The Balaban J connectivity index is -0.0000000192. The van der Waals surface area contributed by atoms with Gasteiger partial charge in [0.05, 0.1) is 0 Å². The third kappa shape index (κ3) is 945. The fraction of sp³-hybridized carbons (Fsp3) is 0. The maximum Gasteiger partial charge on any atom is 4.00 e. The Morgan fingerprint density at radius 2 is 0.474 bits per heavy atom. The van der Waals surface area contributed by atoms with E-state index in [1.165, 1.54) is 0 Å². The zero-order valence-corrected chi connectivity index (χ0v) is 18.2. The van der Waals surface area contributed by atoms with Crippen molar-refractivity contribution in [3.05, 3.63) is 0 Å². The summed E-state index contributed by atoms with van der Waals surface area (Å²) in [4.78, 5) is 0. The molecule has 0 atom stereocenters. The van der Waals surface area contributed by atoms with Crippen LogP contribution >= 0.6 is 0 Å². The summed E-state index contributed by atoms with van der Waals surface area (Å²) >= 11 is -12.4. The molecule has 0 unspecified atom stereocenters. The fourth-order valence-electron chi connectivity index (χ4n) is 0. The van der Waals surface area contributed by atoms with E-state index in [1.807, 2.05) is 0 Å². The minimum atomic E-state index is -3.11. The standard InChI is InChI=1S/Mo.Na.4H2O3S.Sb/c;;4*1-4(2)3;/h;;4*(H2,1,2,3);/q+4;+1;;;;;+3/p-8. The largest absolute Gasteiger partial charge is 4.00 e. The van der Waals surface area contributed by atoms with Crippen LogP contribution in [0.15, 0.2) is 0 Å². The van der Waals surface area contributed by atoms with Crippen molar-refractivity contribution in [1.29, 1.82) is 0 Å². The van der Waals surface area contributed by atoms with Crippen LogP contribution in [0.5, 0.6) is 0 Å². The van der Waals surface area contributed by atoms with Crippen LogP contribution in [0.1, 0.15) is 0 Å². The topological polar surface area (TPSA) is 253 Å². The van der Waals surface area contributed by atoms with E-state index in [4.69, 9.17) is 53.3 Å². The van der Waals surface area contributed by atoms with Crippen molar-refractivity contribution < 1.29 is 104 Å². The van der Waals surface area contributed by atoms with E-state index in [0.717, 1.165) is 0 Å². The zero-order valence-electron chi connectivity index (χ0n) is 8.39. The summed E-state index contributed by atoms with van der Waals surface area (Å²) in [5.74, 6) is 0. The molecular weight excluding hydrogens is 561 g/mol. The molecule has 0 aliphatic carbocycles. The molecule has 0 heterocycles. The van der Waals surface area contributed by atoms with Gasteiger partial charge in [0.15, 0.2) is 0 Å². The van der Waals surface area contributed by atoms with Crippen molar-refractivity contribution in [2.75, 3.05) is 0 Å². The molecule has 2 radical (unpaired) electrons. The first kappa shape index (κ1) is 43.1. The molecule has 0 aromatic rings. The van der Waals surface area contributed by atoms with Crippen molar-refractivity contribution in [2.45, 2.75) is 0 Å². The molecule has 0 saturated carbocycles. The van der Waals surface area contributed by atoms with Crippen LogP contribution in [-0.2, 0) is 66.5 Å². The van der Waals surface area contributed by atoms with Gasteiger partial charge in [0, 0.05) is 0 Å². The molecule has 19 heteroatoms. The molecule has 108 valence electrons. The SMILES string of the molecule is O=S([O-])[O-].O=S([O-])[O-].O=S([O-])[O-].O=S([O-])[O-].[Mo+4].[Na+].[Sb+3]. The van der Waals surface area contributed by atoms with E-state index < -0.39 is 45.4 Å². The predicted molar refractivity (Wildman–Crippen MR) is 44.5 cm³/mol. The van der Waals surface area contributed by atoms with Gasteiger partial charge in [-0.15, -0.1) is 45.4 Å². The summed E-state index contributed by atoms with van der Waals surface area (Å²) in [6.07, 6.45) is 0. The number of rotatable bonds is 0. The second-order valence-corrected chi connectivity index (χ2v) is 2.45. The van der Waals surface area contributed by atoms with Gasteiger partial charge in [-0.1, -0.05) is 0 Å². The first-order valence-electron chi connectivity index (χ1n) is 2.00. The molecule has 0 bridgehead atoms. The molecule has 0 aliphatic rings. The fourth-order valence-corrected chi connectivity index (χ4v) is 0. The van der Waals surface area contributed by atoms with Crippen molar-refractivity contribution in [2.24, 2.45) is 0 Å². The Kier molecular flexibility index (Phi) is 84.3. The molecular formula is MoNaO12S4Sb. The smallest absolute Gasteiger partial charge is 0.784 e. The van der Waals surface area contributed by atoms with Gasteiger partial charge in [0.2, 0.25) is 0 Å². The van der Waals surface area contributed by atoms with Crippen LogP contribution in [0, 0.1) is 0 Å². The predicted octanol–water partition coefficient (Wildman–Crippen LogP) is -7.40. The summed E-state index contributed by atoms with van der Waals surface area (Å²) in [7, 11) is 0. The summed E-state index contributed by atoms with van der Waals surface area (Å²) in [5.41, 5.74) is 0. The van der Waals surface area contributed by atoms with Gasteiger partial charge in [0.25, 0.3) is 0 Å². The van der Waals surface area contributed by atoms with Crippen LogP contribution in [0.4, 0.5) is 0 Å². The van der Waals surface area contributed by atoms with Gasteiger partial charge in [-0.2, -0.15) is 0 Å². The summed E-state index contributed by atoms with van der Waals surface area (Å²) in [6.45, 7) is 0. The maximum absolute atomic E-state index is 8.44. The molecule has 0 fully saturated rings. The minimum absolute atomic E-state index is 0.